The van der Waals surface area contributed by atoms with Gasteiger partial charge in [-0.25, -0.2) is 0 Å². The van der Waals surface area contributed by atoms with Crippen molar-refractivity contribution in [2.75, 3.05) is 27.3 Å². The van der Waals surface area contributed by atoms with Gasteiger partial charge in [0.2, 0.25) is 0 Å². The molecule has 17 heavy (non-hydrogen) atoms. The number of hydrogen-bond donors (Lipinski definition) is 2. The van der Waals surface area contributed by atoms with Gasteiger partial charge in [-0.2, -0.15) is 0 Å². The summed E-state index contributed by atoms with van der Waals surface area (Å²) in [5.41, 5.74) is 2.24. The topological polar surface area (TPSA) is 48.5 Å². The van der Waals surface area contributed by atoms with Crippen LogP contribution < -0.4 is 4.74 Å². The summed E-state index contributed by atoms with van der Waals surface area (Å²) < 4.78 is 5.57. The number of aliphatic hydroxyl groups excluding tert-OH is 1. The molecule has 4 heteroatoms. The Hall–Kier alpha value is -1.52. The summed E-state index contributed by atoms with van der Waals surface area (Å²) in [5.74, 6) is 0.836. The molecule has 0 atom stereocenters. The molecule has 0 spiro atoms. The first kappa shape index (κ1) is 12.0. The van der Waals surface area contributed by atoms with Gasteiger partial charge in [0.1, 0.15) is 12.4 Å². The first-order valence-electron chi connectivity index (χ1n) is 5.69. The van der Waals surface area contributed by atoms with Crippen LogP contribution in [0.4, 0.5) is 0 Å². The highest BCUT2D eigenvalue weighted by Gasteiger charge is 2.10. The lowest BCUT2D eigenvalue weighted by Gasteiger charge is -2.15. The highest BCUT2D eigenvalue weighted by Crippen LogP contribution is 2.28. The molecule has 2 N–H and O–H groups in total. The average molecular weight is 234 g/mol. The molecule has 1 aromatic heterocycles. The van der Waals surface area contributed by atoms with E-state index in [-0.39, 0.29) is 6.61 Å². The second-order valence-corrected chi connectivity index (χ2v) is 4.29. The van der Waals surface area contributed by atoms with Crippen LogP contribution in [0.2, 0.25) is 0 Å². The molecule has 0 saturated carbocycles. The molecule has 0 aliphatic carbocycles. The predicted octanol–water partition coefficient (Wildman–Crippen LogP) is 1.60. The van der Waals surface area contributed by atoms with E-state index in [1.165, 1.54) is 5.39 Å². The molecule has 0 aliphatic rings. The Morgan fingerprint density at radius 1 is 1.29 bits per heavy atom. The largest absolute Gasteiger partial charge is 0.491 e. The van der Waals surface area contributed by atoms with E-state index in [1.54, 1.807) is 0 Å². The van der Waals surface area contributed by atoms with Gasteiger partial charge in [0, 0.05) is 18.3 Å². The zero-order valence-electron chi connectivity index (χ0n) is 10.2. The van der Waals surface area contributed by atoms with Gasteiger partial charge in [0.15, 0.2) is 0 Å². The summed E-state index contributed by atoms with van der Waals surface area (Å²) in [6, 6.07) is 6.03. The van der Waals surface area contributed by atoms with Crippen LogP contribution in [-0.2, 0) is 6.54 Å². The van der Waals surface area contributed by atoms with Gasteiger partial charge < -0.3 is 19.7 Å². The summed E-state index contributed by atoms with van der Waals surface area (Å²) in [6.07, 6.45) is 1.93. The Kier molecular flexibility index (Phi) is 3.66. The van der Waals surface area contributed by atoms with E-state index >= 15 is 0 Å². The van der Waals surface area contributed by atoms with Crippen molar-refractivity contribution in [3.8, 4) is 5.75 Å². The Morgan fingerprint density at radius 3 is 2.82 bits per heavy atom. The van der Waals surface area contributed by atoms with Crippen LogP contribution in [0.5, 0.6) is 5.75 Å². The molecular weight excluding hydrogens is 216 g/mol. The van der Waals surface area contributed by atoms with Crippen molar-refractivity contribution in [2.24, 2.45) is 0 Å². The first-order valence-corrected chi connectivity index (χ1v) is 5.69. The molecule has 1 heterocycles. The number of fused-ring (bicyclic) bond motifs is 1. The predicted molar refractivity (Wildman–Crippen MR) is 68.3 cm³/mol. The Balaban J connectivity index is 2.42. The van der Waals surface area contributed by atoms with Gasteiger partial charge in [-0.05, 0) is 37.7 Å². The average Bonchev–Trinajstić information content (AvgIpc) is 2.75. The Morgan fingerprint density at radius 2 is 2.12 bits per heavy atom. The molecule has 0 unspecified atom stereocenters. The molecule has 0 amide bonds. The number of hydrogen-bond acceptors (Lipinski definition) is 3. The van der Waals surface area contributed by atoms with Crippen molar-refractivity contribution in [3.63, 3.8) is 0 Å². The van der Waals surface area contributed by atoms with Crippen molar-refractivity contribution in [1.29, 1.82) is 0 Å². The summed E-state index contributed by atoms with van der Waals surface area (Å²) >= 11 is 0. The SMILES string of the molecule is CN(C)Cc1c(OCCO)ccc2cc[nH]c12. The first-order chi connectivity index (χ1) is 8.22. The lowest BCUT2D eigenvalue weighted by Crippen LogP contribution is -2.13. The summed E-state index contributed by atoms with van der Waals surface area (Å²) in [4.78, 5) is 5.34. The molecule has 0 radical (unpaired) electrons. The van der Waals surface area contributed by atoms with Crippen molar-refractivity contribution in [1.82, 2.24) is 9.88 Å². The maximum absolute atomic E-state index is 8.83. The third-order valence-corrected chi connectivity index (χ3v) is 2.62. The smallest absolute Gasteiger partial charge is 0.126 e. The highest BCUT2D eigenvalue weighted by atomic mass is 16.5. The normalized spacial score (nSPS) is 11.3. The van der Waals surface area contributed by atoms with E-state index in [0.29, 0.717) is 6.61 Å². The number of nitrogens with zero attached hydrogens (tertiary/aromatic N) is 1. The van der Waals surface area contributed by atoms with Gasteiger partial charge in [-0.15, -0.1) is 0 Å². The van der Waals surface area contributed by atoms with E-state index < -0.39 is 0 Å². The van der Waals surface area contributed by atoms with E-state index in [0.717, 1.165) is 23.4 Å². The van der Waals surface area contributed by atoms with E-state index in [1.807, 2.05) is 38.5 Å². The minimum Gasteiger partial charge on any atom is -0.491 e. The molecular formula is C13H18N2O2. The van der Waals surface area contributed by atoms with E-state index in [9.17, 15) is 0 Å². The fourth-order valence-corrected chi connectivity index (χ4v) is 1.93. The molecule has 2 rings (SSSR count). The molecule has 0 saturated heterocycles. The van der Waals surface area contributed by atoms with Gasteiger partial charge in [-0.1, -0.05) is 0 Å². The molecule has 92 valence electrons. The van der Waals surface area contributed by atoms with Crippen molar-refractivity contribution < 1.29 is 9.84 Å². The number of benzene rings is 1. The standard InChI is InChI=1S/C13H18N2O2/c1-15(2)9-11-12(17-8-7-16)4-3-10-5-6-14-13(10)11/h3-6,14,16H,7-9H2,1-2H3. The third-order valence-electron chi connectivity index (χ3n) is 2.62. The van der Waals surface area contributed by atoms with Gasteiger partial charge in [0.25, 0.3) is 0 Å². The van der Waals surface area contributed by atoms with Crippen molar-refractivity contribution in [3.05, 3.63) is 30.0 Å². The summed E-state index contributed by atoms with van der Waals surface area (Å²) in [7, 11) is 4.05. The molecule has 0 aliphatic heterocycles. The fourth-order valence-electron chi connectivity index (χ4n) is 1.93. The van der Waals surface area contributed by atoms with Crippen LogP contribution in [0.15, 0.2) is 24.4 Å². The second kappa shape index (κ2) is 5.21. The number of aromatic amines is 1. The van der Waals surface area contributed by atoms with Crippen molar-refractivity contribution in [2.45, 2.75) is 6.54 Å². The van der Waals surface area contributed by atoms with Gasteiger partial charge in [-0.3, -0.25) is 0 Å². The summed E-state index contributed by atoms with van der Waals surface area (Å²) in [5, 5.41) is 10.0. The van der Waals surface area contributed by atoms with Crippen LogP contribution in [0.3, 0.4) is 0 Å². The minimum absolute atomic E-state index is 0.0319. The number of ether oxygens (including phenoxy) is 1. The Labute approximate surface area is 101 Å². The third kappa shape index (κ3) is 2.60. The number of aliphatic hydroxyl groups is 1. The number of nitrogens with one attached hydrogen (secondary N) is 1. The maximum Gasteiger partial charge on any atom is 0.126 e. The van der Waals surface area contributed by atoms with E-state index in [4.69, 9.17) is 9.84 Å². The van der Waals surface area contributed by atoms with Crippen LogP contribution >= 0.6 is 0 Å². The number of rotatable bonds is 5. The monoisotopic (exact) mass is 234 g/mol. The molecule has 0 bridgehead atoms. The molecule has 4 nitrogen and oxygen atoms in total. The molecule has 0 fully saturated rings. The van der Waals surface area contributed by atoms with Gasteiger partial charge in [0.05, 0.1) is 12.1 Å². The number of H-pyrrole nitrogens is 1. The van der Waals surface area contributed by atoms with Gasteiger partial charge >= 0.3 is 0 Å². The van der Waals surface area contributed by atoms with Crippen LogP contribution in [0.25, 0.3) is 10.9 Å². The van der Waals surface area contributed by atoms with Crippen molar-refractivity contribution >= 4 is 10.9 Å². The zero-order valence-corrected chi connectivity index (χ0v) is 10.2. The lowest BCUT2D eigenvalue weighted by molar-refractivity contribution is 0.199. The number of aromatic nitrogens is 1. The minimum atomic E-state index is 0.0319. The second-order valence-electron chi connectivity index (χ2n) is 4.29. The van der Waals surface area contributed by atoms with E-state index in [2.05, 4.69) is 9.88 Å². The van der Waals surface area contributed by atoms with Crippen LogP contribution in [0.1, 0.15) is 5.56 Å². The quantitative estimate of drug-likeness (QED) is 0.826. The molecule has 1 aromatic carbocycles. The summed E-state index contributed by atoms with van der Waals surface area (Å²) in [6.45, 7) is 1.16. The van der Waals surface area contributed by atoms with Crippen LogP contribution in [0, 0.1) is 0 Å². The Bertz CT molecular complexity index is 491. The van der Waals surface area contributed by atoms with Crippen LogP contribution in [-0.4, -0.2) is 42.3 Å². The fraction of sp³-hybridized carbons (Fsp3) is 0.385. The zero-order chi connectivity index (χ0) is 12.3. The highest BCUT2D eigenvalue weighted by molar-refractivity contribution is 5.84. The molecule has 2 aromatic rings. The maximum atomic E-state index is 8.83. The lowest BCUT2D eigenvalue weighted by atomic mass is 10.1.